The van der Waals surface area contributed by atoms with Crippen molar-refractivity contribution in [3.8, 4) is 5.88 Å². The van der Waals surface area contributed by atoms with Gasteiger partial charge in [0.15, 0.2) is 0 Å². The van der Waals surface area contributed by atoms with Gasteiger partial charge < -0.3 is 10.1 Å². The number of nitrogens with one attached hydrogen (secondary N) is 1. The molecule has 17 heavy (non-hydrogen) atoms. The van der Waals surface area contributed by atoms with Crippen LogP contribution in [0.4, 0.5) is 5.95 Å². The van der Waals surface area contributed by atoms with Gasteiger partial charge in [-0.15, -0.1) is 0 Å². The summed E-state index contributed by atoms with van der Waals surface area (Å²) in [6.07, 6.45) is 5.84. The summed E-state index contributed by atoms with van der Waals surface area (Å²) >= 11 is 0. The van der Waals surface area contributed by atoms with Crippen molar-refractivity contribution in [3.05, 3.63) is 12.3 Å². The van der Waals surface area contributed by atoms with Crippen molar-refractivity contribution in [1.29, 1.82) is 0 Å². The maximum Gasteiger partial charge on any atom is 0.226 e. The number of hydrogen-bond donors (Lipinski definition) is 1. The summed E-state index contributed by atoms with van der Waals surface area (Å²) in [4.78, 5) is 8.55. The van der Waals surface area contributed by atoms with Gasteiger partial charge in [0.25, 0.3) is 0 Å². The van der Waals surface area contributed by atoms with E-state index in [0.717, 1.165) is 5.92 Å². The van der Waals surface area contributed by atoms with Gasteiger partial charge in [-0.1, -0.05) is 12.8 Å². The Morgan fingerprint density at radius 3 is 2.82 bits per heavy atom. The fourth-order valence-electron chi connectivity index (χ4n) is 1.85. The van der Waals surface area contributed by atoms with E-state index in [-0.39, 0.29) is 6.10 Å². The summed E-state index contributed by atoms with van der Waals surface area (Å²) in [6, 6.07) is 2.22. The van der Waals surface area contributed by atoms with Gasteiger partial charge in [0.1, 0.15) is 0 Å². The highest BCUT2D eigenvalue weighted by atomic mass is 16.5. The maximum atomic E-state index is 5.54. The molecule has 94 valence electrons. The van der Waals surface area contributed by atoms with Crippen molar-refractivity contribution in [2.45, 2.75) is 52.2 Å². The summed E-state index contributed by atoms with van der Waals surface area (Å²) in [6.45, 7) is 6.16. The molecule has 0 bridgehead atoms. The third-order valence-electron chi connectivity index (χ3n) is 2.75. The number of ether oxygens (including phenoxy) is 1. The fourth-order valence-corrected chi connectivity index (χ4v) is 1.85. The summed E-state index contributed by atoms with van der Waals surface area (Å²) in [5.74, 6) is 2.21. The first-order chi connectivity index (χ1) is 8.13. The summed E-state index contributed by atoms with van der Waals surface area (Å²) in [7, 11) is 0. The normalized spacial score (nSPS) is 16.9. The molecule has 1 unspecified atom stereocenters. The number of rotatable bonds is 6. The minimum absolute atomic E-state index is 0.140. The van der Waals surface area contributed by atoms with E-state index < -0.39 is 0 Å². The summed E-state index contributed by atoms with van der Waals surface area (Å²) < 4.78 is 5.54. The van der Waals surface area contributed by atoms with E-state index in [1.54, 1.807) is 12.3 Å². The lowest BCUT2D eigenvalue weighted by atomic mass is 10.2. The van der Waals surface area contributed by atoms with Crippen LogP contribution in [0.3, 0.4) is 0 Å². The van der Waals surface area contributed by atoms with Crippen LogP contribution in [-0.2, 0) is 0 Å². The van der Waals surface area contributed by atoms with E-state index in [1.165, 1.54) is 19.3 Å². The molecule has 2 rings (SSSR count). The third kappa shape index (κ3) is 4.21. The maximum absolute atomic E-state index is 5.54. The molecule has 0 aliphatic heterocycles. The molecule has 0 aromatic carbocycles. The highest BCUT2D eigenvalue weighted by molar-refractivity contribution is 5.28. The SMILES string of the molecule is CC(CC1CC1)Nc1nccc(OC(C)C)n1. The van der Waals surface area contributed by atoms with Crippen LogP contribution < -0.4 is 10.1 Å². The second-order valence-corrected chi connectivity index (χ2v) is 5.11. The summed E-state index contributed by atoms with van der Waals surface area (Å²) in [5, 5.41) is 3.32. The molecule has 0 radical (unpaired) electrons. The highest BCUT2D eigenvalue weighted by Crippen LogP contribution is 2.33. The van der Waals surface area contributed by atoms with E-state index in [2.05, 4.69) is 22.2 Å². The monoisotopic (exact) mass is 235 g/mol. The second kappa shape index (κ2) is 5.34. The zero-order chi connectivity index (χ0) is 12.3. The molecule has 1 aliphatic rings. The van der Waals surface area contributed by atoms with Crippen LogP contribution in [0, 0.1) is 5.92 Å². The molecular formula is C13H21N3O. The average Bonchev–Trinajstić information content (AvgIpc) is 3.00. The predicted molar refractivity (Wildman–Crippen MR) is 68.2 cm³/mol. The number of hydrogen-bond acceptors (Lipinski definition) is 4. The molecule has 4 nitrogen and oxygen atoms in total. The van der Waals surface area contributed by atoms with Gasteiger partial charge >= 0.3 is 0 Å². The highest BCUT2D eigenvalue weighted by Gasteiger charge is 2.23. The first-order valence-corrected chi connectivity index (χ1v) is 6.39. The van der Waals surface area contributed by atoms with E-state index in [0.29, 0.717) is 17.9 Å². The number of nitrogens with zero attached hydrogens (tertiary/aromatic N) is 2. The van der Waals surface area contributed by atoms with E-state index in [9.17, 15) is 0 Å². The van der Waals surface area contributed by atoms with Gasteiger partial charge in [-0.2, -0.15) is 4.98 Å². The van der Waals surface area contributed by atoms with Gasteiger partial charge in [0.2, 0.25) is 11.8 Å². The van der Waals surface area contributed by atoms with E-state index in [1.807, 2.05) is 13.8 Å². The number of anilines is 1. The zero-order valence-electron chi connectivity index (χ0n) is 10.8. The lowest BCUT2D eigenvalue weighted by molar-refractivity contribution is 0.232. The van der Waals surface area contributed by atoms with Gasteiger partial charge in [0.05, 0.1) is 6.10 Å². The van der Waals surface area contributed by atoms with Crippen molar-refractivity contribution in [2.75, 3.05) is 5.32 Å². The van der Waals surface area contributed by atoms with Crippen LogP contribution in [0.25, 0.3) is 0 Å². The standard InChI is InChI=1S/C13H21N3O/c1-9(2)17-12-6-7-14-13(16-12)15-10(3)8-11-4-5-11/h6-7,9-11H,4-5,8H2,1-3H3,(H,14,15,16). The topological polar surface area (TPSA) is 47.0 Å². The molecule has 0 spiro atoms. The van der Waals surface area contributed by atoms with Crippen molar-refractivity contribution in [1.82, 2.24) is 9.97 Å². The van der Waals surface area contributed by atoms with Crippen LogP contribution in [0.2, 0.25) is 0 Å². The van der Waals surface area contributed by atoms with E-state index in [4.69, 9.17) is 4.74 Å². The molecule has 1 aromatic rings. The minimum atomic E-state index is 0.140. The Labute approximate surface area is 103 Å². The van der Waals surface area contributed by atoms with Crippen LogP contribution in [0.1, 0.15) is 40.0 Å². The minimum Gasteiger partial charge on any atom is -0.475 e. The third-order valence-corrected chi connectivity index (χ3v) is 2.75. The van der Waals surface area contributed by atoms with Crippen LogP contribution in [0.15, 0.2) is 12.3 Å². The smallest absolute Gasteiger partial charge is 0.226 e. The summed E-state index contributed by atoms with van der Waals surface area (Å²) in [5.41, 5.74) is 0. The second-order valence-electron chi connectivity index (χ2n) is 5.11. The Morgan fingerprint density at radius 1 is 1.41 bits per heavy atom. The largest absolute Gasteiger partial charge is 0.475 e. The Morgan fingerprint density at radius 2 is 2.18 bits per heavy atom. The average molecular weight is 235 g/mol. The lowest BCUT2D eigenvalue weighted by Crippen LogP contribution is -2.18. The quantitative estimate of drug-likeness (QED) is 0.823. The van der Waals surface area contributed by atoms with Crippen LogP contribution in [-0.4, -0.2) is 22.1 Å². The first-order valence-electron chi connectivity index (χ1n) is 6.39. The van der Waals surface area contributed by atoms with Crippen molar-refractivity contribution in [3.63, 3.8) is 0 Å². The van der Waals surface area contributed by atoms with Crippen molar-refractivity contribution < 1.29 is 4.74 Å². The van der Waals surface area contributed by atoms with Crippen LogP contribution in [0.5, 0.6) is 5.88 Å². The van der Waals surface area contributed by atoms with Gasteiger partial charge in [-0.3, -0.25) is 0 Å². The molecule has 1 atom stereocenters. The molecule has 1 N–H and O–H groups in total. The molecule has 4 heteroatoms. The molecule has 0 amide bonds. The molecule has 1 heterocycles. The molecule has 1 saturated carbocycles. The molecule has 1 fully saturated rings. The van der Waals surface area contributed by atoms with Crippen molar-refractivity contribution in [2.24, 2.45) is 5.92 Å². The Hall–Kier alpha value is -1.32. The Kier molecular flexibility index (Phi) is 3.82. The predicted octanol–water partition coefficient (Wildman–Crippen LogP) is 2.86. The fraction of sp³-hybridized carbons (Fsp3) is 0.692. The van der Waals surface area contributed by atoms with Crippen molar-refractivity contribution >= 4 is 5.95 Å². The Balaban J connectivity index is 1.90. The van der Waals surface area contributed by atoms with Crippen LogP contribution >= 0.6 is 0 Å². The first kappa shape index (κ1) is 12.1. The van der Waals surface area contributed by atoms with Gasteiger partial charge in [-0.05, 0) is 33.1 Å². The number of aromatic nitrogens is 2. The Bertz CT molecular complexity index is 363. The molecule has 1 aromatic heterocycles. The van der Waals surface area contributed by atoms with E-state index >= 15 is 0 Å². The molecular weight excluding hydrogens is 214 g/mol. The van der Waals surface area contributed by atoms with Gasteiger partial charge in [-0.25, -0.2) is 4.98 Å². The molecule has 0 saturated heterocycles. The van der Waals surface area contributed by atoms with Gasteiger partial charge in [0, 0.05) is 18.3 Å². The zero-order valence-corrected chi connectivity index (χ0v) is 10.8. The molecule has 1 aliphatic carbocycles. The lowest BCUT2D eigenvalue weighted by Gasteiger charge is -2.14.